The van der Waals surface area contributed by atoms with Crippen molar-refractivity contribution in [2.75, 3.05) is 11.4 Å². The summed E-state index contributed by atoms with van der Waals surface area (Å²) >= 11 is 0. The third kappa shape index (κ3) is 3.13. The van der Waals surface area contributed by atoms with Crippen LogP contribution < -0.4 is 4.90 Å². The van der Waals surface area contributed by atoms with E-state index in [4.69, 9.17) is 0 Å². The van der Waals surface area contributed by atoms with Gasteiger partial charge in [0.15, 0.2) is 0 Å². The van der Waals surface area contributed by atoms with E-state index in [2.05, 4.69) is 15.0 Å². The number of aryl methyl sites for hydroxylation is 1. The van der Waals surface area contributed by atoms with Crippen LogP contribution in [-0.4, -0.2) is 37.6 Å². The minimum atomic E-state index is -0.514. The van der Waals surface area contributed by atoms with Gasteiger partial charge in [-0.1, -0.05) is 0 Å². The van der Waals surface area contributed by atoms with E-state index in [9.17, 15) is 10.2 Å². The predicted octanol–water partition coefficient (Wildman–Crippen LogP) is 1.40. The number of hydrogen-bond acceptors (Lipinski definition) is 5. The van der Waals surface area contributed by atoms with E-state index in [1.165, 1.54) is 0 Å². The number of anilines is 1. The Hall–Kier alpha value is -1.92. The van der Waals surface area contributed by atoms with Crippen LogP contribution in [0.3, 0.4) is 0 Å². The SMILES string of the molecule is Cn1cc(C(O)CC2CCCN2c2cc(CO)ccn2)cn1. The molecule has 1 fully saturated rings. The maximum Gasteiger partial charge on any atom is 0.129 e. The second-order valence-electron chi connectivity index (χ2n) is 5.87. The number of aliphatic hydroxyl groups excluding tert-OH is 2. The highest BCUT2D eigenvalue weighted by atomic mass is 16.3. The normalized spacial score (nSPS) is 19.6. The van der Waals surface area contributed by atoms with Gasteiger partial charge in [0.2, 0.25) is 0 Å². The summed E-state index contributed by atoms with van der Waals surface area (Å²) in [6.45, 7) is 0.957. The molecule has 0 saturated carbocycles. The Morgan fingerprint density at radius 1 is 1.45 bits per heavy atom. The molecule has 118 valence electrons. The largest absolute Gasteiger partial charge is 0.392 e. The van der Waals surface area contributed by atoms with Crippen molar-refractivity contribution in [3.05, 3.63) is 41.9 Å². The maximum absolute atomic E-state index is 10.4. The first kappa shape index (κ1) is 15.0. The third-order valence-electron chi connectivity index (χ3n) is 4.27. The number of aliphatic hydroxyl groups is 2. The molecule has 6 heteroatoms. The molecule has 0 bridgehead atoms. The van der Waals surface area contributed by atoms with Gasteiger partial charge in [-0.05, 0) is 37.0 Å². The molecule has 0 aliphatic carbocycles. The predicted molar refractivity (Wildman–Crippen MR) is 83.3 cm³/mol. The third-order valence-corrected chi connectivity index (χ3v) is 4.27. The Balaban J connectivity index is 1.72. The summed E-state index contributed by atoms with van der Waals surface area (Å²) in [5.74, 6) is 0.882. The first-order chi connectivity index (χ1) is 10.7. The van der Waals surface area contributed by atoms with Crippen LogP contribution in [0.4, 0.5) is 5.82 Å². The highest BCUT2D eigenvalue weighted by Crippen LogP contribution is 2.30. The second kappa shape index (κ2) is 6.46. The molecule has 1 saturated heterocycles. The average Bonchev–Trinajstić information content (AvgIpc) is 3.16. The molecule has 22 heavy (non-hydrogen) atoms. The van der Waals surface area contributed by atoms with E-state index in [0.717, 1.165) is 36.3 Å². The fraction of sp³-hybridized carbons (Fsp3) is 0.500. The summed E-state index contributed by atoms with van der Waals surface area (Å²) in [6, 6.07) is 4.00. The highest BCUT2D eigenvalue weighted by molar-refractivity contribution is 5.43. The van der Waals surface area contributed by atoms with Crippen LogP contribution >= 0.6 is 0 Å². The van der Waals surface area contributed by atoms with Crippen molar-refractivity contribution < 1.29 is 10.2 Å². The van der Waals surface area contributed by atoms with Gasteiger partial charge in [0.25, 0.3) is 0 Å². The fourth-order valence-electron chi connectivity index (χ4n) is 3.10. The topological polar surface area (TPSA) is 74.4 Å². The summed E-state index contributed by atoms with van der Waals surface area (Å²) in [7, 11) is 1.85. The summed E-state index contributed by atoms with van der Waals surface area (Å²) in [5, 5.41) is 23.8. The van der Waals surface area contributed by atoms with E-state index in [-0.39, 0.29) is 12.6 Å². The van der Waals surface area contributed by atoms with Gasteiger partial charge in [-0.2, -0.15) is 5.10 Å². The molecule has 0 amide bonds. The molecule has 2 aromatic rings. The van der Waals surface area contributed by atoms with Gasteiger partial charge in [-0.3, -0.25) is 4.68 Å². The lowest BCUT2D eigenvalue weighted by Crippen LogP contribution is -2.31. The second-order valence-corrected chi connectivity index (χ2v) is 5.87. The molecule has 1 aliphatic heterocycles. The van der Waals surface area contributed by atoms with Crippen molar-refractivity contribution in [1.29, 1.82) is 0 Å². The van der Waals surface area contributed by atoms with Gasteiger partial charge < -0.3 is 15.1 Å². The fourth-order valence-corrected chi connectivity index (χ4v) is 3.10. The van der Waals surface area contributed by atoms with Crippen molar-refractivity contribution >= 4 is 5.82 Å². The molecule has 2 atom stereocenters. The van der Waals surface area contributed by atoms with Gasteiger partial charge in [0.05, 0.1) is 18.9 Å². The lowest BCUT2D eigenvalue weighted by atomic mass is 10.0. The Labute approximate surface area is 130 Å². The highest BCUT2D eigenvalue weighted by Gasteiger charge is 2.28. The summed E-state index contributed by atoms with van der Waals surface area (Å²) in [5.41, 5.74) is 1.72. The lowest BCUT2D eigenvalue weighted by molar-refractivity contribution is 0.158. The van der Waals surface area contributed by atoms with Crippen LogP contribution in [0.1, 0.15) is 36.5 Å². The number of rotatable bonds is 5. The molecule has 0 aromatic carbocycles. The van der Waals surface area contributed by atoms with E-state index < -0.39 is 6.10 Å². The van der Waals surface area contributed by atoms with E-state index in [1.54, 1.807) is 17.1 Å². The van der Waals surface area contributed by atoms with Crippen molar-refractivity contribution in [1.82, 2.24) is 14.8 Å². The number of nitrogens with zero attached hydrogens (tertiary/aromatic N) is 4. The number of hydrogen-bond donors (Lipinski definition) is 2. The van der Waals surface area contributed by atoms with Gasteiger partial charge in [0, 0.05) is 37.6 Å². The van der Waals surface area contributed by atoms with Crippen molar-refractivity contribution in [3.63, 3.8) is 0 Å². The summed E-state index contributed by atoms with van der Waals surface area (Å²) in [6.07, 6.45) is 7.59. The van der Waals surface area contributed by atoms with Crippen molar-refractivity contribution in [2.45, 2.75) is 38.0 Å². The van der Waals surface area contributed by atoms with Crippen LogP contribution in [0.2, 0.25) is 0 Å². The summed E-state index contributed by atoms with van der Waals surface area (Å²) < 4.78 is 1.71. The summed E-state index contributed by atoms with van der Waals surface area (Å²) in [4.78, 5) is 6.66. The van der Waals surface area contributed by atoms with Crippen LogP contribution in [0.15, 0.2) is 30.7 Å². The zero-order valence-electron chi connectivity index (χ0n) is 12.8. The lowest BCUT2D eigenvalue weighted by Gasteiger charge is -2.27. The molecule has 0 spiro atoms. The zero-order chi connectivity index (χ0) is 15.5. The smallest absolute Gasteiger partial charge is 0.129 e. The van der Waals surface area contributed by atoms with Crippen LogP contribution in [-0.2, 0) is 13.7 Å². The molecular formula is C16H22N4O2. The van der Waals surface area contributed by atoms with E-state index in [0.29, 0.717) is 6.42 Å². The quantitative estimate of drug-likeness (QED) is 0.873. The molecule has 2 aromatic heterocycles. The monoisotopic (exact) mass is 302 g/mol. The minimum Gasteiger partial charge on any atom is -0.392 e. The number of aromatic nitrogens is 3. The molecule has 1 aliphatic rings. The Bertz CT molecular complexity index is 628. The first-order valence-electron chi connectivity index (χ1n) is 7.66. The molecule has 2 unspecified atom stereocenters. The Morgan fingerprint density at radius 2 is 2.32 bits per heavy atom. The molecule has 2 N–H and O–H groups in total. The maximum atomic E-state index is 10.4. The van der Waals surface area contributed by atoms with Gasteiger partial charge in [-0.25, -0.2) is 4.98 Å². The molecule has 3 rings (SSSR count). The molecule has 6 nitrogen and oxygen atoms in total. The Kier molecular flexibility index (Phi) is 4.40. The number of pyridine rings is 1. The van der Waals surface area contributed by atoms with Crippen LogP contribution in [0, 0.1) is 0 Å². The molecule has 3 heterocycles. The zero-order valence-corrected chi connectivity index (χ0v) is 12.8. The van der Waals surface area contributed by atoms with Gasteiger partial charge in [0.1, 0.15) is 5.82 Å². The average molecular weight is 302 g/mol. The van der Waals surface area contributed by atoms with Crippen molar-refractivity contribution in [2.24, 2.45) is 7.05 Å². The van der Waals surface area contributed by atoms with Crippen LogP contribution in [0.5, 0.6) is 0 Å². The standard InChI is InChI=1S/C16H22N4O2/c1-19-10-13(9-18-19)15(22)8-14-3-2-6-20(14)16-7-12(11-21)4-5-17-16/h4-5,7,9-10,14-15,21-22H,2-3,6,8,11H2,1H3. The van der Waals surface area contributed by atoms with E-state index in [1.807, 2.05) is 25.4 Å². The first-order valence-corrected chi connectivity index (χ1v) is 7.66. The van der Waals surface area contributed by atoms with Crippen LogP contribution in [0.25, 0.3) is 0 Å². The van der Waals surface area contributed by atoms with Crippen molar-refractivity contribution in [3.8, 4) is 0 Å². The van der Waals surface area contributed by atoms with Gasteiger partial charge >= 0.3 is 0 Å². The Morgan fingerprint density at radius 3 is 3.05 bits per heavy atom. The van der Waals surface area contributed by atoms with E-state index >= 15 is 0 Å². The van der Waals surface area contributed by atoms with Gasteiger partial charge in [-0.15, -0.1) is 0 Å². The molecule has 0 radical (unpaired) electrons. The minimum absolute atomic E-state index is 0.0202. The molecular weight excluding hydrogens is 280 g/mol.